The molecule has 3 nitrogen and oxygen atoms in total. The second kappa shape index (κ2) is 6.42. The van der Waals surface area contributed by atoms with Crippen LogP contribution in [0.2, 0.25) is 0 Å². The van der Waals surface area contributed by atoms with Gasteiger partial charge in [-0.1, -0.05) is 19.8 Å². The second-order valence-corrected chi connectivity index (χ2v) is 6.04. The summed E-state index contributed by atoms with van der Waals surface area (Å²) < 4.78 is 0.914. The number of benzene rings is 1. The van der Waals surface area contributed by atoms with Gasteiger partial charge in [0, 0.05) is 28.3 Å². The van der Waals surface area contributed by atoms with Crippen LogP contribution in [0.5, 0.6) is 0 Å². The quantitative estimate of drug-likeness (QED) is 0.654. The maximum Gasteiger partial charge on any atom is 0.123 e. The highest BCUT2D eigenvalue weighted by atomic mass is 79.9. The molecule has 1 fully saturated rings. The molecule has 1 unspecified atom stereocenters. The predicted octanol–water partition coefficient (Wildman–Crippen LogP) is 3.89. The van der Waals surface area contributed by atoms with Crippen molar-refractivity contribution in [3.8, 4) is 0 Å². The van der Waals surface area contributed by atoms with Gasteiger partial charge in [0.2, 0.25) is 0 Å². The minimum Gasteiger partial charge on any atom is -0.384 e. The van der Waals surface area contributed by atoms with Crippen molar-refractivity contribution in [1.82, 2.24) is 0 Å². The molecule has 1 heterocycles. The zero-order valence-corrected chi connectivity index (χ0v) is 13.0. The normalized spacial score (nSPS) is 20.1. The Labute approximate surface area is 123 Å². The van der Waals surface area contributed by atoms with Crippen molar-refractivity contribution in [3.63, 3.8) is 0 Å². The topological polar surface area (TPSA) is 53.1 Å². The highest BCUT2D eigenvalue weighted by Crippen LogP contribution is 2.29. The standard InChI is InChI=1S/C15H22BrN3/c1-2-11-6-4-3-5-9-19(11)12-7-8-13(15(17)18)14(16)10-12/h7-8,10-11H,2-6,9H2,1H3,(H3,17,18). The molecular formula is C15H22BrN3. The van der Waals surface area contributed by atoms with Crippen molar-refractivity contribution in [2.75, 3.05) is 11.4 Å². The van der Waals surface area contributed by atoms with Crippen LogP contribution in [0, 0.1) is 5.41 Å². The van der Waals surface area contributed by atoms with Crippen molar-refractivity contribution in [2.24, 2.45) is 5.73 Å². The van der Waals surface area contributed by atoms with Gasteiger partial charge in [0.05, 0.1) is 0 Å². The Morgan fingerprint density at radius 2 is 2.21 bits per heavy atom. The number of nitrogens with two attached hydrogens (primary N) is 1. The van der Waals surface area contributed by atoms with E-state index in [4.69, 9.17) is 11.1 Å². The minimum atomic E-state index is 0.112. The molecule has 1 aromatic rings. The number of amidine groups is 1. The molecule has 1 aromatic carbocycles. The molecule has 4 heteroatoms. The van der Waals surface area contributed by atoms with Crippen LogP contribution in [0.25, 0.3) is 0 Å². The van der Waals surface area contributed by atoms with E-state index in [0.717, 1.165) is 16.6 Å². The summed E-state index contributed by atoms with van der Waals surface area (Å²) in [7, 11) is 0. The maximum absolute atomic E-state index is 7.54. The Hall–Kier alpha value is -1.03. The highest BCUT2D eigenvalue weighted by molar-refractivity contribution is 9.10. The molecule has 1 aliphatic rings. The summed E-state index contributed by atoms with van der Waals surface area (Å²) in [5, 5.41) is 7.54. The van der Waals surface area contributed by atoms with Crippen molar-refractivity contribution >= 4 is 27.5 Å². The molecule has 1 atom stereocenters. The Kier molecular flexibility index (Phi) is 4.86. The van der Waals surface area contributed by atoms with Gasteiger partial charge in [0.25, 0.3) is 0 Å². The molecule has 0 bridgehead atoms. The lowest BCUT2D eigenvalue weighted by atomic mass is 10.1. The molecule has 2 rings (SSSR count). The van der Waals surface area contributed by atoms with Gasteiger partial charge in [-0.25, -0.2) is 0 Å². The third-order valence-electron chi connectivity index (χ3n) is 3.92. The Bertz CT molecular complexity index is 459. The lowest BCUT2D eigenvalue weighted by Gasteiger charge is -2.31. The summed E-state index contributed by atoms with van der Waals surface area (Å²) in [5.74, 6) is 0.112. The molecule has 0 saturated carbocycles. The summed E-state index contributed by atoms with van der Waals surface area (Å²) in [6, 6.07) is 6.78. The van der Waals surface area contributed by atoms with E-state index >= 15 is 0 Å². The van der Waals surface area contributed by atoms with Gasteiger partial charge in [0.15, 0.2) is 0 Å². The first kappa shape index (κ1) is 14.4. The summed E-state index contributed by atoms with van der Waals surface area (Å²) in [6.07, 6.45) is 6.40. The smallest absolute Gasteiger partial charge is 0.123 e. The van der Waals surface area contributed by atoms with Crippen LogP contribution in [0.1, 0.15) is 44.6 Å². The Morgan fingerprint density at radius 3 is 2.84 bits per heavy atom. The predicted molar refractivity (Wildman–Crippen MR) is 85.1 cm³/mol. The number of halogens is 1. The fraction of sp³-hybridized carbons (Fsp3) is 0.533. The van der Waals surface area contributed by atoms with E-state index < -0.39 is 0 Å². The number of hydrogen-bond acceptors (Lipinski definition) is 2. The minimum absolute atomic E-state index is 0.112. The fourth-order valence-electron chi connectivity index (χ4n) is 2.84. The molecule has 0 aliphatic carbocycles. The van der Waals surface area contributed by atoms with Crippen LogP contribution in [0.3, 0.4) is 0 Å². The second-order valence-electron chi connectivity index (χ2n) is 5.18. The van der Waals surface area contributed by atoms with Crippen molar-refractivity contribution in [1.29, 1.82) is 5.41 Å². The van der Waals surface area contributed by atoms with Gasteiger partial charge in [-0.3, -0.25) is 5.41 Å². The van der Waals surface area contributed by atoms with Crippen LogP contribution < -0.4 is 10.6 Å². The van der Waals surface area contributed by atoms with Gasteiger partial charge in [0.1, 0.15) is 5.84 Å². The maximum atomic E-state index is 7.54. The molecular weight excluding hydrogens is 302 g/mol. The van der Waals surface area contributed by atoms with Gasteiger partial charge >= 0.3 is 0 Å². The number of anilines is 1. The highest BCUT2D eigenvalue weighted by Gasteiger charge is 2.20. The van der Waals surface area contributed by atoms with Gasteiger partial charge in [-0.05, 0) is 53.4 Å². The Morgan fingerprint density at radius 1 is 1.42 bits per heavy atom. The largest absolute Gasteiger partial charge is 0.384 e. The molecule has 3 N–H and O–H groups in total. The van der Waals surface area contributed by atoms with Gasteiger partial charge in [-0.15, -0.1) is 0 Å². The van der Waals surface area contributed by atoms with E-state index in [9.17, 15) is 0 Å². The van der Waals surface area contributed by atoms with Crippen LogP contribution in [-0.2, 0) is 0 Å². The van der Waals surface area contributed by atoms with Crippen molar-refractivity contribution < 1.29 is 0 Å². The summed E-state index contributed by atoms with van der Waals surface area (Å²) in [6.45, 7) is 3.40. The van der Waals surface area contributed by atoms with Crippen LogP contribution in [0.15, 0.2) is 22.7 Å². The number of nitrogens with zero attached hydrogens (tertiary/aromatic N) is 1. The van der Waals surface area contributed by atoms with Crippen LogP contribution >= 0.6 is 15.9 Å². The first-order valence-electron chi connectivity index (χ1n) is 7.04. The first-order valence-corrected chi connectivity index (χ1v) is 7.83. The lowest BCUT2D eigenvalue weighted by molar-refractivity contribution is 0.556. The molecule has 1 saturated heterocycles. The molecule has 0 spiro atoms. The average molecular weight is 324 g/mol. The summed E-state index contributed by atoms with van der Waals surface area (Å²) in [5.41, 5.74) is 7.57. The zero-order valence-electron chi connectivity index (χ0n) is 11.5. The fourth-order valence-corrected chi connectivity index (χ4v) is 3.42. The van der Waals surface area contributed by atoms with Crippen LogP contribution in [-0.4, -0.2) is 18.4 Å². The number of hydrogen-bond donors (Lipinski definition) is 2. The molecule has 0 amide bonds. The van der Waals surface area contributed by atoms with E-state index in [-0.39, 0.29) is 5.84 Å². The number of rotatable bonds is 3. The molecule has 1 aliphatic heterocycles. The van der Waals surface area contributed by atoms with E-state index in [1.54, 1.807) is 0 Å². The van der Waals surface area contributed by atoms with E-state index in [2.05, 4.69) is 39.9 Å². The van der Waals surface area contributed by atoms with Gasteiger partial charge < -0.3 is 10.6 Å². The first-order chi connectivity index (χ1) is 9.13. The van der Waals surface area contributed by atoms with Gasteiger partial charge in [-0.2, -0.15) is 0 Å². The third kappa shape index (κ3) is 3.30. The van der Waals surface area contributed by atoms with E-state index in [1.807, 2.05) is 6.07 Å². The monoisotopic (exact) mass is 323 g/mol. The van der Waals surface area contributed by atoms with E-state index in [1.165, 1.54) is 37.8 Å². The van der Waals surface area contributed by atoms with Crippen molar-refractivity contribution in [3.05, 3.63) is 28.2 Å². The summed E-state index contributed by atoms with van der Waals surface area (Å²) >= 11 is 3.53. The number of nitrogen functional groups attached to an aromatic ring is 1. The van der Waals surface area contributed by atoms with Crippen LogP contribution in [0.4, 0.5) is 5.69 Å². The van der Waals surface area contributed by atoms with Crippen molar-refractivity contribution in [2.45, 2.75) is 45.1 Å². The molecule has 0 radical (unpaired) electrons. The zero-order chi connectivity index (χ0) is 13.8. The molecule has 0 aromatic heterocycles. The lowest BCUT2D eigenvalue weighted by Crippen LogP contribution is -2.34. The molecule has 104 valence electrons. The average Bonchev–Trinajstić information content (AvgIpc) is 2.63. The third-order valence-corrected chi connectivity index (χ3v) is 4.58. The molecule has 19 heavy (non-hydrogen) atoms. The summed E-state index contributed by atoms with van der Waals surface area (Å²) in [4.78, 5) is 2.52. The SMILES string of the molecule is CCC1CCCCCN1c1ccc(C(=N)N)c(Br)c1. The number of nitrogens with one attached hydrogen (secondary N) is 1. The Balaban J connectivity index is 2.28. The van der Waals surface area contributed by atoms with E-state index in [0.29, 0.717) is 6.04 Å².